The molecule has 0 heterocycles. The molecule has 0 fully saturated rings. The number of rotatable bonds is 8. The first-order valence-electron chi connectivity index (χ1n) is 4.76. The standard InChI is InChI=1S/C8H15N5O3/c9-13-6-8(16)12-5-7(15)11-2-1-10-3-4-14/h6,10,12,14H,1-5H2,(H-,11,15,16)/p+1. The first-order valence-corrected chi connectivity index (χ1v) is 4.76. The van der Waals surface area contributed by atoms with Crippen molar-refractivity contribution in [2.75, 3.05) is 32.8 Å². The van der Waals surface area contributed by atoms with Crippen LogP contribution >= 0.6 is 0 Å². The van der Waals surface area contributed by atoms with Crippen LogP contribution in [0.15, 0.2) is 12.1 Å². The third-order valence-electron chi connectivity index (χ3n) is 1.52. The summed E-state index contributed by atoms with van der Waals surface area (Å²) in [5, 5.41) is 33.2. The predicted octanol–water partition coefficient (Wildman–Crippen LogP) is -1.52. The maximum Gasteiger partial charge on any atom is 0.409 e. The quantitative estimate of drug-likeness (QED) is 0.196. The number of nitrogens with one attached hydrogen (secondary N) is 3. The van der Waals surface area contributed by atoms with Crippen molar-refractivity contribution in [3.63, 3.8) is 0 Å². The highest BCUT2D eigenvalue weighted by atomic mass is 16.3. The molecule has 0 spiro atoms. The number of hydrogen-bond acceptors (Lipinski definition) is 6. The Morgan fingerprint density at radius 2 is 2.06 bits per heavy atom. The van der Waals surface area contributed by atoms with Gasteiger partial charge in [-0.2, -0.15) is 0 Å². The Labute approximate surface area is 93.0 Å². The van der Waals surface area contributed by atoms with Crippen molar-refractivity contribution in [1.29, 1.82) is 5.39 Å². The Kier molecular flexibility index (Phi) is 8.57. The van der Waals surface area contributed by atoms with Gasteiger partial charge >= 0.3 is 6.20 Å². The van der Waals surface area contributed by atoms with E-state index >= 15 is 0 Å². The number of amides is 1. The summed E-state index contributed by atoms with van der Waals surface area (Å²) < 4.78 is 0. The molecule has 0 aliphatic rings. The summed E-state index contributed by atoms with van der Waals surface area (Å²) in [6.07, 6.45) is 0.774. The molecule has 0 atom stereocenters. The van der Waals surface area contributed by atoms with Crippen molar-refractivity contribution < 1.29 is 15.0 Å². The summed E-state index contributed by atoms with van der Waals surface area (Å²) in [7, 11) is 0. The molecule has 5 N–H and O–H groups in total. The van der Waals surface area contributed by atoms with Crippen LogP contribution in [0.4, 0.5) is 0 Å². The van der Waals surface area contributed by atoms with Gasteiger partial charge in [-0.3, -0.25) is 4.79 Å². The zero-order chi connectivity index (χ0) is 12.2. The molecule has 0 saturated heterocycles. The highest BCUT2D eigenvalue weighted by Gasteiger charge is 2.03. The van der Waals surface area contributed by atoms with Crippen molar-refractivity contribution in [2.45, 2.75) is 0 Å². The smallest absolute Gasteiger partial charge is 0.409 e. The van der Waals surface area contributed by atoms with Gasteiger partial charge in [0.25, 0.3) is 5.88 Å². The van der Waals surface area contributed by atoms with E-state index in [2.05, 4.69) is 20.9 Å². The van der Waals surface area contributed by atoms with Crippen LogP contribution in [-0.4, -0.2) is 48.9 Å². The first-order chi connectivity index (χ1) is 7.70. The molecule has 0 aliphatic heterocycles. The molecular formula is C8H16N5O3+. The lowest BCUT2D eigenvalue weighted by Crippen LogP contribution is -2.37. The van der Waals surface area contributed by atoms with Crippen molar-refractivity contribution in [2.24, 2.45) is 0 Å². The number of hydrogen-bond donors (Lipinski definition) is 5. The summed E-state index contributed by atoms with van der Waals surface area (Å²) in [5.74, 6) is -0.695. The predicted molar refractivity (Wildman–Crippen MR) is 56.8 cm³/mol. The van der Waals surface area contributed by atoms with Gasteiger partial charge in [-0.15, -0.1) is 0 Å². The lowest BCUT2D eigenvalue weighted by atomic mass is 10.5. The first kappa shape index (κ1) is 14.2. The van der Waals surface area contributed by atoms with Gasteiger partial charge in [0.2, 0.25) is 11.3 Å². The van der Waals surface area contributed by atoms with E-state index in [4.69, 9.17) is 15.6 Å². The number of nitrogens with zero attached hydrogens (tertiary/aromatic N) is 2. The fourth-order valence-electron chi connectivity index (χ4n) is 0.828. The molecule has 8 nitrogen and oxygen atoms in total. The maximum atomic E-state index is 11.1. The molecule has 0 rings (SSSR count). The number of aliphatic hydroxyl groups excluding tert-OH is 2. The SMILES string of the molecule is N#[N+]C=C(O)NCC(=O)NCCNCCO. The molecule has 0 bridgehead atoms. The van der Waals surface area contributed by atoms with Gasteiger partial charge in [0.15, 0.2) is 4.98 Å². The normalized spacial score (nSPS) is 10.6. The van der Waals surface area contributed by atoms with Gasteiger partial charge in [0.1, 0.15) is 0 Å². The fraction of sp³-hybridized carbons (Fsp3) is 0.625. The van der Waals surface area contributed by atoms with Crippen molar-refractivity contribution in [3.05, 3.63) is 17.1 Å². The van der Waals surface area contributed by atoms with Crippen LogP contribution in [0.5, 0.6) is 0 Å². The van der Waals surface area contributed by atoms with Gasteiger partial charge in [-0.25, -0.2) is 0 Å². The number of carbonyl (C=O) groups is 1. The summed E-state index contributed by atoms with van der Waals surface area (Å²) in [4.78, 5) is 13.7. The minimum absolute atomic E-state index is 0.0544. The van der Waals surface area contributed by atoms with Gasteiger partial charge in [0, 0.05) is 19.6 Å². The Bertz CT molecular complexity index is 273. The summed E-state index contributed by atoms with van der Waals surface area (Å²) >= 11 is 0. The summed E-state index contributed by atoms with van der Waals surface area (Å²) in [6.45, 7) is 1.40. The molecule has 8 heteroatoms. The van der Waals surface area contributed by atoms with Crippen LogP contribution in [0.2, 0.25) is 0 Å². The zero-order valence-electron chi connectivity index (χ0n) is 8.81. The van der Waals surface area contributed by atoms with Crippen LogP contribution in [0, 0.1) is 5.39 Å². The topological polar surface area (TPSA) is 122 Å². The highest BCUT2D eigenvalue weighted by Crippen LogP contribution is 1.80. The Hall–Kier alpha value is -1.85. The van der Waals surface area contributed by atoms with Gasteiger partial charge < -0.3 is 26.2 Å². The van der Waals surface area contributed by atoms with E-state index in [1.165, 1.54) is 0 Å². The molecule has 0 aromatic rings. The summed E-state index contributed by atoms with van der Waals surface area (Å²) in [6, 6.07) is 0. The van der Waals surface area contributed by atoms with E-state index in [1.54, 1.807) is 0 Å². The molecule has 0 aliphatic carbocycles. The molecule has 0 aromatic carbocycles. The molecular weight excluding hydrogens is 214 g/mol. The average Bonchev–Trinajstić information content (AvgIpc) is 2.26. The van der Waals surface area contributed by atoms with Crippen molar-refractivity contribution >= 4 is 5.91 Å². The highest BCUT2D eigenvalue weighted by molar-refractivity contribution is 5.78. The number of diazo groups is 1. The Morgan fingerprint density at radius 1 is 1.31 bits per heavy atom. The maximum absolute atomic E-state index is 11.1. The van der Waals surface area contributed by atoms with Gasteiger partial charge in [0.05, 0.1) is 13.2 Å². The number of carbonyl (C=O) groups excluding carboxylic acids is 1. The Balaban J connectivity index is 3.46. The third kappa shape index (κ3) is 8.74. The van der Waals surface area contributed by atoms with Crippen LogP contribution in [0.25, 0.3) is 4.98 Å². The minimum Gasteiger partial charge on any atom is -0.490 e. The molecule has 16 heavy (non-hydrogen) atoms. The van der Waals surface area contributed by atoms with Gasteiger partial charge in [-0.05, 0) is 0 Å². The molecule has 90 valence electrons. The van der Waals surface area contributed by atoms with E-state index in [-0.39, 0.29) is 19.1 Å². The number of aliphatic hydroxyl groups is 2. The molecule has 0 aromatic heterocycles. The lowest BCUT2D eigenvalue weighted by molar-refractivity contribution is -0.120. The molecule has 0 saturated carbocycles. The third-order valence-corrected chi connectivity index (χ3v) is 1.52. The zero-order valence-corrected chi connectivity index (χ0v) is 8.81. The van der Waals surface area contributed by atoms with E-state index in [0.29, 0.717) is 19.6 Å². The monoisotopic (exact) mass is 230 g/mol. The van der Waals surface area contributed by atoms with E-state index in [0.717, 1.165) is 6.20 Å². The largest absolute Gasteiger partial charge is 0.490 e. The van der Waals surface area contributed by atoms with Crippen LogP contribution in [-0.2, 0) is 4.79 Å². The summed E-state index contributed by atoms with van der Waals surface area (Å²) in [5.41, 5.74) is 0. The fourth-order valence-corrected chi connectivity index (χ4v) is 0.828. The van der Waals surface area contributed by atoms with Crippen molar-refractivity contribution in [3.8, 4) is 0 Å². The Morgan fingerprint density at radius 3 is 2.69 bits per heavy atom. The molecule has 1 amide bonds. The lowest BCUT2D eigenvalue weighted by Gasteiger charge is -2.06. The average molecular weight is 230 g/mol. The van der Waals surface area contributed by atoms with Gasteiger partial charge in [-0.1, -0.05) is 0 Å². The molecule has 0 radical (unpaired) electrons. The second kappa shape index (κ2) is 9.70. The second-order valence-corrected chi connectivity index (χ2v) is 2.81. The van der Waals surface area contributed by atoms with E-state index in [1.807, 2.05) is 0 Å². The van der Waals surface area contributed by atoms with Crippen LogP contribution < -0.4 is 16.0 Å². The minimum atomic E-state index is -0.393. The molecule has 0 unspecified atom stereocenters. The second-order valence-electron chi connectivity index (χ2n) is 2.81. The van der Waals surface area contributed by atoms with Crippen LogP contribution in [0.1, 0.15) is 0 Å². The van der Waals surface area contributed by atoms with Crippen LogP contribution in [0.3, 0.4) is 0 Å². The van der Waals surface area contributed by atoms with E-state index in [9.17, 15) is 4.79 Å². The van der Waals surface area contributed by atoms with Crippen molar-refractivity contribution in [1.82, 2.24) is 16.0 Å². The van der Waals surface area contributed by atoms with E-state index < -0.39 is 5.88 Å².